The third kappa shape index (κ3) is 3.88. The van der Waals surface area contributed by atoms with E-state index in [-0.39, 0.29) is 29.1 Å². The molecule has 1 spiro atoms. The topological polar surface area (TPSA) is 70.1 Å². The third-order valence-electron chi connectivity index (χ3n) is 6.69. The number of piperidine rings is 2. The Hall–Kier alpha value is -2.08. The number of likely N-dealkylation sites (tertiary alicyclic amines) is 2. The van der Waals surface area contributed by atoms with Crippen molar-refractivity contribution >= 4 is 11.8 Å². The highest BCUT2D eigenvalue weighted by Crippen LogP contribution is 2.41. The summed E-state index contributed by atoms with van der Waals surface area (Å²) < 4.78 is 5.73. The van der Waals surface area contributed by atoms with Crippen molar-refractivity contribution in [2.75, 3.05) is 32.8 Å². The molecule has 3 aliphatic heterocycles. The average Bonchev–Trinajstić information content (AvgIpc) is 3.20. The van der Waals surface area contributed by atoms with Gasteiger partial charge in [-0.2, -0.15) is 0 Å². The Morgan fingerprint density at radius 3 is 2.79 bits per heavy atom. The van der Waals surface area contributed by atoms with Crippen LogP contribution in [0.2, 0.25) is 0 Å². The van der Waals surface area contributed by atoms with Gasteiger partial charge in [0.05, 0.1) is 11.7 Å². The maximum Gasteiger partial charge on any atom is 0.257 e. The Morgan fingerprint density at radius 2 is 2.07 bits per heavy atom. The monoisotopic (exact) mass is 386 g/mol. The van der Waals surface area contributed by atoms with Crippen LogP contribution in [0.15, 0.2) is 18.2 Å². The molecule has 152 valence electrons. The highest BCUT2D eigenvalue weighted by molar-refractivity contribution is 5.97. The Morgan fingerprint density at radius 1 is 1.29 bits per heavy atom. The first-order valence-corrected chi connectivity index (χ1v) is 10.4. The summed E-state index contributed by atoms with van der Waals surface area (Å²) in [4.78, 5) is 29.1. The zero-order valence-electron chi connectivity index (χ0n) is 16.7. The molecule has 3 saturated heterocycles. The number of rotatable bonds is 3. The number of aromatic hydroxyl groups is 1. The summed E-state index contributed by atoms with van der Waals surface area (Å²) in [7, 11) is 0. The fourth-order valence-corrected chi connectivity index (χ4v) is 4.89. The second-order valence-corrected chi connectivity index (χ2v) is 8.72. The predicted molar refractivity (Wildman–Crippen MR) is 105 cm³/mol. The Kier molecular flexibility index (Phi) is 5.32. The van der Waals surface area contributed by atoms with Gasteiger partial charge in [-0.25, -0.2) is 0 Å². The van der Waals surface area contributed by atoms with Crippen molar-refractivity contribution in [1.82, 2.24) is 9.80 Å². The van der Waals surface area contributed by atoms with Gasteiger partial charge in [0.25, 0.3) is 5.91 Å². The molecule has 0 bridgehead atoms. The lowest BCUT2D eigenvalue weighted by molar-refractivity contribution is -0.141. The number of amides is 2. The molecule has 3 fully saturated rings. The lowest BCUT2D eigenvalue weighted by Crippen LogP contribution is -2.53. The Labute approximate surface area is 166 Å². The number of carbonyl (C=O) groups excluding carboxylic acids is 2. The first kappa shape index (κ1) is 19.2. The van der Waals surface area contributed by atoms with Crippen molar-refractivity contribution in [2.24, 2.45) is 5.41 Å². The minimum absolute atomic E-state index is 0.0434. The van der Waals surface area contributed by atoms with Crippen LogP contribution in [0.3, 0.4) is 0 Å². The number of carbonyl (C=O) groups is 2. The van der Waals surface area contributed by atoms with E-state index in [1.165, 1.54) is 0 Å². The number of ether oxygens (including phenoxy) is 1. The van der Waals surface area contributed by atoms with Gasteiger partial charge in [-0.05, 0) is 56.6 Å². The van der Waals surface area contributed by atoms with E-state index in [1.807, 2.05) is 16.7 Å². The van der Waals surface area contributed by atoms with E-state index in [0.717, 1.165) is 50.8 Å². The fraction of sp³-hybridized carbons (Fsp3) is 0.636. The van der Waals surface area contributed by atoms with Gasteiger partial charge in [-0.3, -0.25) is 9.59 Å². The minimum atomic E-state index is -0.0980. The molecular weight excluding hydrogens is 356 g/mol. The lowest BCUT2D eigenvalue weighted by Gasteiger charge is -2.47. The summed E-state index contributed by atoms with van der Waals surface area (Å²) in [6.45, 7) is 5.57. The molecule has 3 aliphatic rings. The van der Waals surface area contributed by atoms with Crippen molar-refractivity contribution in [3.63, 3.8) is 0 Å². The molecule has 0 aromatic heterocycles. The van der Waals surface area contributed by atoms with Crippen LogP contribution in [0.1, 0.15) is 54.4 Å². The van der Waals surface area contributed by atoms with Gasteiger partial charge in [0.1, 0.15) is 5.75 Å². The summed E-state index contributed by atoms with van der Waals surface area (Å²) in [6, 6.07) is 5.15. The maximum absolute atomic E-state index is 12.9. The van der Waals surface area contributed by atoms with Crippen molar-refractivity contribution in [3.05, 3.63) is 29.3 Å². The number of hydrogen-bond acceptors (Lipinski definition) is 4. The summed E-state index contributed by atoms with van der Waals surface area (Å²) in [5.41, 5.74) is 1.46. The van der Waals surface area contributed by atoms with E-state index in [4.69, 9.17) is 4.74 Å². The summed E-state index contributed by atoms with van der Waals surface area (Å²) >= 11 is 0. The van der Waals surface area contributed by atoms with E-state index in [1.54, 1.807) is 18.2 Å². The second-order valence-electron chi connectivity index (χ2n) is 8.72. The second kappa shape index (κ2) is 7.74. The van der Waals surface area contributed by atoms with Gasteiger partial charge in [0.2, 0.25) is 5.91 Å². The first-order valence-electron chi connectivity index (χ1n) is 10.4. The van der Waals surface area contributed by atoms with E-state index >= 15 is 0 Å². The van der Waals surface area contributed by atoms with Crippen molar-refractivity contribution in [1.29, 1.82) is 0 Å². The van der Waals surface area contributed by atoms with E-state index in [9.17, 15) is 14.7 Å². The van der Waals surface area contributed by atoms with Gasteiger partial charge in [0.15, 0.2) is 0 Å². The lowest BCUT2D eigenvalue weighted by atomic mass is 9.72. The van der Waals surface area contributed by atoms with Crippen molar-refractivity contribution in [2.45, 2.75) is 51.6 Å². The number of nitrogens with zero attached hydrogens (tertiary/aromatic N) is 2. The highest BCUT2D eigenvalue weighted by Gasteiger charge is 2.42. The van der Waals surface area contributed by atoms with Crippen LogP contribution in [-0.4, -0.2) is 65.6 Å². The standard InChI is InChI=1S/C22H30N2O4/c1-16-4-5-19(25)18(13-16)21(27)23-10-8-22(9-11-23)7-6-20(26)24(15-22)14-17-3-2-12-28-17/h4-5,13,17,25H,2-3,6-12,14-15H2,1H3/t17-/m0/s1. The van der Waals surface area contributed by atoms with Crippen LogP contribution in [0, 0.1) is 12.3 Å². The molecule has 0 radical (unpaired) electrons. The van der Waals surface area contributed by atoms with Crippen LogP contribution in [0.25, 0.3) is 0 Å². The van der Waals surface area contributed by atoms with E-state index in [0.29, 0.717) is 31.6 Å². The van der Waals surface area contributed by atoms with E-state index < -0.39 is 0 Å². The molecule has 0 unspecified atom stereocenters. The molecule has 3 heterocycles. The summed E-state index contributed by atoms with van der Waals surface area (Å²) in [5.74, 6) is 0.186. The largest absolute Gasteiger partial charge is 0.507 e. The van der Waals surface area contributed by atoms with Gasteiger partial charge >= 0.3 is 0 Å². The molecule has 1 N–H and O–H groups in total. The molecule has 28 heavy (non-hydrogen) atoms. The smallest absolute Gasteiger partial charge is 0.257 e. The molecule has 0 aliphatic carbocycles. The third-order valence-corrected chi connectivity index (χ3v) is 6.69. The first-order chi connectivity index (χ1) is 13.5. The van der Waals surface area contributed by atoms with Crippen LogP contribution >= 0.6 is 0 Å². The SMILES string of the molecule is Cc1ccc(O)c(C(=O)N2CCC3(CCC(=O)N(C[C@@H]4CCCO4)C3)CC2)c1. The summed E-state index contributed by atoms with van der Waals surface area (Å²) in [5, 5.41) is 10.1. The maximum atomic E-state index is 12.9. The molecule has 4 rings (SSSR count). The Bertz CT molecular complexity index is 749. The van der Waals surface area contributed by atoms with Gasteiger partial charge < -0.3 is 19.6 Å². The molecule has 1 atom stereocenters. The number of aryl methyl sites for hydroxylation is 1. The van der Waals surface area contributed by atoms with Crippen LogP contribution in [0.5, 0.6) is 5.75 Å². The van der Waals surface area contributed by atoms with Crippen LogP contribution in [-0.2, 0) is 9.53 Å². The molecule has 6 heteroatoms. The molecule has 0 saturated carbocycles. The van der Waals surface area contributed by atoms with Gasteiger partial charge in [-0.1, -0.05) is 11.6 Å². The average molecular weight is 386 g/mol. The zero-order valence-corrected chi connectivity index (χ0v) is 16.7. The molecule has 6 nitrogen and oxygen atoms in total. The van der Waals surface area contributed by atoms with Gasteiger partial charge in [0, 0.05) is 39.2 Å². The van der Waals surface area contributed by atoms with Crippen molar-refractivity contribution in [3.8, 4) is 5.75 Å². The van der Waals surface area contributed by atoms with Crippen LogP contribution in [0.4, 0.5) is 0 Å². The highest BCUT2D eigenvalue weighted by atomic mass is 16.5. The van der Waals surface area contributed by atoms with Gasteiger partial charge in [-0.15, -0.1) is 0 Å². The predicted octanol–water partition coefficient (Wildman–Crippen LogP) is 2.72. The number of hydrogen-bond donors (Lipinski definition) is 1. The number of benzene rings is 1. The van der Waals surface area contributed by atoms with E-state index in [2.05, 4.69) is 0 Å². The molecule has 2 amide bonds. The van der Waals surface area contributed by atoms with Crippen molar-refractivity contribution < 1.29 is 19.4 Å². The fourth-order valence-electron chi connectivity index (χ4n) is 4.89. The van der Waals surface area contributed by atoms with Crippen LogP contribution < -0.4 is 0 Å². The molecule has 1 aromatic rings. The number of phenols is 1. The quantitative estimate of drug-likeness (QED) is 0.867. The zero-order chi connectivity index (χ0) is 19.7. The minimum Gasteiger partial charge on any atom is -0.507 e. The molecular formula is C22H30N2O4. The number of phenolic OH excluding ortho intramolecular Hbond substituents is 1. The Balaban J connectivity index is 1.39. The summed E-state index contributed by atoms with van der Waals surface area (Å²) in [6.07, 6.45) is 5.62. The normalized spacial score (nSPS) is 24.8. The molecule has 1 aromatic carbocycles.